The average molecular weight is 199 g/mol. The summed E-state index contributed by atoms with van der Waals surface area (Å²) in [5.74, 6) is -0.220. The van der Waals surface area contributed by atoms with Crippen molar-refractivity contribution in [3.8, 4) is 0 Å². The molecule has 2 unspecified atom stereocenters. The molecular weight excluding hydrogens is 178 g/mol. The quantitative estimate of drug-likeness (QED) is 0.666. The third kappa shape index (κ3) is 2.25. The summed E-state index contributed by atoms with van der Waals surface area (Å²) >= 11 is 0. The van der Waals surface area contributed by atoms with Gasteiger partial charge in [-0.3, -0.25) is 10.1 Å². The zero-order valence-corrected chi connectivity index (χ0v) is 9.34. The van der Waals surface area contributed by atoms with Crippen LogP contribution in [0.15, 0.2) is 0 Å². The molecule has 0 aromatic heterocycles. The number of amides is 1. The van der Waals surface area contributed by atoms with E-state index in [1.165, 1.54) is 0 Å². The minimum atomic E-state index is -0.496. The number of carbonyl (C=O) groups is 1. The van der Waals surface area contributed by atoms with Crippen LogP contribution in [-0.4, -0.2) is 42.5 Å². The second-order valence-electron chi connectivity index (χ2n) is 4.39. The van der Waals surface area contributed by atoms with Crippen LogP contribution in [-0.2, 0) is 4.79 Å². The molecule has 0 radical (unpaired) electrons. The van der Waals surface area contributed by atoms with Crippen LogP contribution in [0.4, 0.5) is 0 Å². The largest absolute Gasteiger partial charge is 0.368 e. The first kappa shape index (κ1) is 11.5. The molecule has 1 heterocycles. The van der Waals surface area contributed by atoms with Crippen molar-refractivity contribution in [3.63, 3.8) is 0 Å². The van der Waals surface area contributed by atoms with E-state index in [9.17, 15) is 4.79 Å². The van der Waals surface area contributed by atoms with Crippen LogP contribution >= 0.6 is 0 Å². The summed E-state index contributed by atoms with van der Waals surface area (Å²) in [6, 6.07) is 0.342. The number of likely N-dealkylation sites (tertiary alicyclic amines) is 1. The van der Waals surface area contributed by atoms with Crippen LogP contribution < -0.4 is 11.1 Å². The lowest BCUT2D eigenvalue weighted by molar-refractivity contribution is -0.124. The van der Waals surface area contributed by atoms with Crippen molar-refractivity contribution in [1.29, 1.82) is 0 Å². The number of nitrogens with one attached hydrogen (secondary N) is 1. The summed E-state index contributed by atoms with van der Waals surface area (Å²) in [6.07, 6.45) is 1.84. The highest BCUT2D eigenvalue weighted by molar-refractivity contribution is 5.85. The molecule has 0 saturated carbocycles. The number of primary amides is 1. The van der Waals surface area contributed by atoms with Crippen LogP contribution in [0.5, 0.6) is 0 Å². The summed E-state index contributed by atoms with van der Waals surface area (Å²) in [4.78, 5) is 13.6. The molecule has 1 rings (SSSR count). The van der Waals surface area contributed by atoms with Gasteiger partial charge in [-0.1, -0.05) is 6.92 Å². The van der Waals surface area contributed by atoms with Crippen molar-refractivity contribution in [2.24, 2.45) is 5.73 Å². The maximum absolute atomic E-state index is 11.5. The zero-order chi connectivity index (χ0) is 10.8. The summed E-state index contributed by atoms with van der Waals surface area (Å²) in [6.45, 7) is 5.85. The van der Waals surface area contributed by atoms with Gasteiger partial charge in [0.25, 0.3) is 0 Å². The number of nitrogens with two attached hydrogens (primary N) is 1. The van der Waals surface area contributed by atoms with E-state index in [2.05, 4.69) is 24.1 Å². The molecule has 0 aromatic rings. The van der Waals surface area contributed by atoms with Crippen LogP contribution in [0.25, 0.3) is 0 Å². The van der Waals surface area contributed by atoms with Crippen LogP contribution in [0.3, 0.4) is 0 Å². The van der Waals surface area contributed by atoms with E-state index >= 15 is 0 Å². The van der Waals surface area contributed by atoms with Gasteiger partial charge in [0.15, 0.2) is 0 Å². The molecule has 1 amide bonds. The molecule has 1 aliphatic heterocycles. The predicted molar refractivity (Wildman–Crippen MR) is 56.9 cm³/mol. The topological polar surface area (TPSA) is 58.4 Å². The molecule has 1 aliphatic rings. The smallest absolute Gasteiger partial charge is 0.239 e. The molecule has 1 saturated heterocycles. The SMILES string of the molecule is CCC(C)NC1(C(N)=O)CCN(C)C1. The Kier molecular flexibility index (Phi) is 3.50. The molecule has 2 atom stereocenters. The Labute approximate surface area is 85.8 Å². The molecule has 0 bridgehead atoms. The van der Waals surface area contributed by atoms with Gasteiger partial charge in [0.1, 0.15) is 5.54 Å². The zero-order valence-electron chi connectivity index (χ0n) is 9.34. The Morgan fingerprint density at radius 1 is 1.71 bits per heavy atom. The first-order valence-corrected chi connectivity index (χ1v) is 5.26. The van der Waals surface area contributed by atoms with E-state index in [0.29, 0.717) is 6.04 Å². The summed E-state index contributed by atoms with van der Waals surface area (Å²) in [5, 5.41) is 3.36. The van der Waals surface area contributed by atoms with Gasteiger partial charge in [0.2, 0.25) is 5.91 Å². The Morgan fingerprint density at radius 2 is 2.36 bits per heavy atom. The molecule has 3 N–H and O–H groups in total. The van der Waals surface area contributed by atoms with Crippen molar-refractivity contribution in [3.05, 3.63) is 0 Å². The van der Waals surface area contributed by atoms with Crippen molar-refractivity contribution in [2.75, 3.05) is 20.1 Å². The van der Waals surface area contributed by atoms with E-state index in [1.54, 1.807) is 0 Å². The molecule has 1 fully saturated rings. The summed E-state index contributed by atoms with van der Waals surface area (Å²) < 4.78 is 0. The van der Waals surface area contributed by atoms with Gasteiger partial charge >= 0.3 is 0 Å². The normalized spacial score (nSPS) is 30.5. The molecule has 14 heavy (non-hydrogen) atoms. The lowest BCUT2D eigenvalue weighted by Gasteiger charge is -2.30. The Bertz CT molecular complexity index is 219. The fourth-order valence-corrected chi connectivity index (χ4v) is 1.96. The van der Waals surface area contributed by atoms with Crippen LogP contribution in [0, 0.1) is 0 Å². The van der Waals surface area contributed by atoms with E-state index in [4.69, 9.17) is 5.73 Å². The van der Waals surface area contributed by atoms with Gasteiger partial charge in [-0.05, 0) is 26.8 Å². The molecule has 82 valence electrons. The van der Waals surface area contributed by atoms with Gasteiger partial charge in [0, 0.05) is 19.1 Å². The van der Waals surface area contributed by atoms with E-state index < -0.39 is 5.54 Å². The first-order chi connectivity index (χ1) is 6.50. The first-order valence-electron chi connectivity index (χ1n) is 5.26. The van der Waals surface area contributed by atoms with E-state index in [0.717, 1.165) is 25.9 Å². The lowest BCUT2D eigenvalue weighted by Crippen LogP contribution is -2.59. The fraction of sp³-hybridized carbons (Fsp3) is 0.900. The number of hydrogen-bond donors (Lipinski definition) is 2. The maximum Gasteiger partial charge on any atom is 0.239 e. The van der Waals surface area contributed by atoms with Gasteiger partial charge in [-0.2, -0.15) is 0 Å². The van der Waals surface area contributed by atoms with Gasteiger partial charge < -0.3 is 10.6 Å². The summed E-state index contributed by atoms with van der Waals surface area (Å²) in [7, 11) is 2.02. The lowest BCUT2D eigenvalue weighted by atomic mass is 9.96. The summed E-state index contributed by atoms with van der Waals surface area (Å²) in [5.41, 5.74) is 4.97. The van der Waals surface area contributed by atoms with Crippen LogP contribution in [0.2, 0.25) is 0 Å². The molecule has 4 nitrogen and oxygen atoms in total. The Hall–Kier alpha value is -0.610. The highest BCUT2D eigenvalue weighted by Crippen LogP contribution is 2.20. The van der Waals surface area contributed by atoms with Crippen molar-refractivity contribution in [2.45, 2.75) is 38.3 Å². The number of nitrogens with zero attached hydrogens (tertiary/aromatic N) is 1. The minimum absolute atomic E-state index is 0.220. The second-order valence-corrected chi connectivity index (χ2v) is 4.39. The second kappa shape index (κ2) is 4.28. The third-order valence-corrected chi connectivity index (χ3v) is 3.07. The van der Waals surface area contributed by atoms with Crippen molar-refractivity contribution >= 4 is 5.91 Å². The molecule has 4 heteroatoms. The predicted octanol–water partition coefficient (Wildman–Crippen LogP) is -0.0659. The number of likely N-dealkylation sites (N-methyl/N-ethyl adjacent to an activating group) is 1. The van der Waals surface area contributed by atoms with Gasteiger partial charge in [0.05, 0.1) is 0 Å². The molecular formula is C10H21N3O. The highest BCUT2D eigenvalue weighted by atomic mass is 16.1. The van der Waals surface area contributed by atoms with E-state index in [1.807, 2.05) is 7.05 Å². The third-order valence-electron chi connectivity index (χ3n) is 3.07. The Balaban J connectivity index is 2.68. The van der Waals surface area contributed by atoms with Gasteiger partial charge in [-0.15, -0.1) is 0 Å². The number of rotatable bonds is 4. The fourth-order valence-electron chi connectivity index (χ4n) is 1.96. The highest BCUT2D eigenvalue weighted by Gasteiger charge is 2.42. The number of hydrogen-bond acceptors (Lipinski definition) is 3. The monoisotopic (exact) mass is 199 g/mol. The molecule has 0 spiro atoms. The van der Waals surface area contributed by atoms with Crippen LogP contribution in [0.1, 0.15) is 26.7 Å². The van der Waals surface area contributed by atoms with Gasteiger partial charge in [-0.25, -0.2) is 0 Å². The van der Waals surface area contributed by atoms with Crippen molar-refractivity contribution < 1.29 is 4.79 Å². The minimum Gasteiger partial charge on any atom is -0.368 e. The Morgan fingerprint density at radius 3 is 2.71 bits per heavy atom. The average Bonchev–Trinajstić information content (AvgIpc) is 2.48. The molecule has 0 aromatic carbocycles. The standard InChI is InChI=1S/C10H21N3O/c1-4-8(2)12-10(9(11)14)5-6-13(3)7-10/h8,12H,4-7H2,1-3H3,(H2,11,14). The molecule has 0 aliphatic carbocycles. The maximum atomic E-state index is 11.5. The number of carbonyl (C=O) groups excluding carboxylic acids is 1. The van der Waals surface area contributed by atoms with E-state index in [-0.39, 0.29) is 5.91 Å². The van der Waals surface area contributed by atoms with Crippen molar-refractivity contribution in [1.82, 2.24) is 10.2 Å².